The van der Waals surface area contributed by atoms with Crippen LogP contribution in [0.15, 0.2) is 36.4 Å². The van der Waals surface area contributed by atoms with Gasteiger partial charge in [-0.25, -0.2) is 4.39 Å². The average Bonchev–Trinajstić information content (AvgIpc) is 2.38. The fourth-order valence-corrected chi connectivity index (χ4v) is 1.65. The Morgan fingerprint density at radius 3 is 2.72 bits per heavy atom. The number of aromatic nitrogens is 1. The second-order valence-electron chi connectivity index (χ2n) is 4.02. The zero-order valence-corrected chi connectivity index (χ0v) is 10.2. The maximum atomic E-state index is 12.9. The van der Waals surface area contributed by atoms with E-state index in [0.717, 1.165) is 17.0 Å². The number of ether oxygens (including phenoxy) is 1. The van der Waals surface area contributed by atoms with E-state index in [1.54, 1.807) is 6.07 Å². The van der Waals surface area contributed by atoms with Gasteiger partial charge >= 0.3 is 0 Å². The smallest absolute Gasteiger partial charge is 0.130 e. The second-order valence-corrected chi connectivity index (χ2v) is 4.02. The zero-order chi connectivity index (χ0) is 13.0. The van der Waals surface area contributed by atoms with Gasteiger partial charge in [0, 0.05) is 6.54 Å². The Morgan fingerprint density at radius 1 is 1.22 bits per heavy atom. The molecule has 0 radical (unpaired) electrons. The largest absolute Gasteiger partial charge is 0.487 e. The zero-order valence-electron chi connectivity index (χ0n) is 10.2. The highest BCUT2D eigenvalue weighted by molar-refractivity contribution is 5.32. The van der Waals surface area contributed by atoms with Gasteiger partial charge in [-0.1, -0.05) is 6.07 Å². The van der Waals surface area contributed by atoms with E-state index in [9.17, 15) is 4.39 Å². The summed E-state index contributed by atoms with van der Waals surface area (Å²) < 4.78 is 18.5. The minimum Gasteiger partial charge on any atom is -0.487 e. The fourth-order valence-electron chi connectivity index (χ4n) is 1.65. The number of hydrogen-bond acceptors (Lipinski definition) is 3. The summed E-state index contributed by atoms with van der Waals surface area (Å²) in [5, 5.41) is 0. The molecule has 0 aliphatic heterocycles. The van der Waals surface area contributed by atoms with Gasteiger partial charge in [0.1, 0.15) is 18.2 Å². The van der Waals surface area contributed by atoms with Crippen molar-refractivity contribution in [3.05, 3.63) is 59.2 Å². The predicted molar refractivity (Wildman–Crippen MR) is 67.6 cm³/mol. The molecule has 0 fully saturated rings. The molecule has 4 heteroatoms. The number of aryl methyl sites for hydroxylation is 1. The summed E-state index contributed by atoms with van der Waals surface area (Å²) in [6.07, 6.45) is 0. The first-order valence-corrected chi connectivity index (χ1v) is 5.73. The van der Waals surface area contributed by atoms with Crippen molar-refractivity contribution in [2.24, 2.45) is 5.73 Å². The molecule has 0 unspecified atom stereocenters. The van der Waals surface area contributed by atoms with Crippen molar-refractivity contribution >= 4 is 0 Å². The molecular weight excluding hydrogens is 231 g/mol. The van der Waals surface area contributed by atoms with Crippen molar-refractivity contribution in [1.29, 1.82) is 0 Å². The molecule has 94 valence electrons. The van der Waals surface area contributed by atoms with Crippen molar-refractivity contribution in [1.82, 2.24) is 4.98 Å². The third-order valence-corrected chi connectivity index (χ3v) is 2.59. The lowest BCUT2D eigenvalue weighted by Gasteiger charge is -2.09. The van der Waals surface area contributed by atoms with Crippen LogP contribution in [0.3, 0.4) is 0 Å². The van der Waals surface area contributed by atoms with Crippen LogP contribution in [-0.2, 0) is 13.2 Å². The van der Waals surface area contributed by atoms with Gasteiger partial charge in [0.05, 0.1) is 11.4 Å². The fraction of sp³-hybridized carbons (Fsp3) is 0.214. The summed E-state index contributed by atoms with van der Waals surface area (Å²) in [6, 6.07) is 10.1. The minimum atomic E-state index is -0.261. The van der Waals surface area contributed by atoms with Gasteiger partial charge < -0.3 is 10.5 Å². The summed E-state index contributed by atoms with van der Waals surface area (Å²) in [5.74, 6) is 0.402. The summed E-state index contributed by atoms with van der Waals surface area (Å²) >= 11 is 0. The molecule has 0 saturated carbocycles. The van der Waals surface area contributed by atoms with E-state index < -0.39 is 0 Å². The van der Waals surface area contributed by atoms with Crippen molar-refractivity contribution < 1.29 is 9.13 Å². The van der Waals surface area contributed by atoms with E-state index >= 15 is 0 Å². The number of halogens is 1. The van der Waals surface area contributed by atoms with Crippen molar-refractivity contribution in [2.45, 2.75) is 20.1 Å². The van der Waals surface area contributed by atoms with Crippen LogP contribution in [0, 0.1) is 12.7 Å². The molecule has 2 rings (SSSR count). The first-order valence-electron chi connectivity index (χ1n) is 5.73. The van der Waals surface area contributed by atoms with Crippen LogP contribution in [-0.4, -0.2) is 4.98 Å². The second kappa shape index (κ2) is 5.60. The van der Waals surface area contributed by atoms with Gasteiger partial charge in [-0.15, -0.1) is 0 Å². The SMILES string of the molecule is Cc1cc(F)ccc1OCc1cccc(CN)n1. The van der Waals surface area contributed by atoms with Crippen molar-refractivity contribution in [2.75, 3.05) is 0 Å². The van der Waals surface area contributed by atoms with Gasteiger partial charge in [-0.2, -0.15) is 0 Å². The van der Waals surface area contributed by atoms with E-state index in [1.165, 1.54) is 12.1 Å². The molecule has 1 aromatic carbocycles. The normalized spacial score (nSPS) is 10.4. The van der Waals surface area contributed by atoms with Crippen LogP contribution < -0.4 is 10.5 Å². The third kappa shape index (κ3) is 3.05. The van der Waals surface area contributed by atoms with Crippen LogP contribution in [0.4, 0.5) is 4.39 Å². The average molecular weight is 246 g/mol. The third-order valence-electron chi connectivity index (χ3n) is 2.59. The Kier molecular flexibility index (Phi) is 3.89. The monoisotopic (exact) mass is 246 g/mol. The maximum Gasteiger partial charge on any atom is 0.130 e. The lowest BCUT2D eigenvalue weighted by atomic mass is 10.2. The number of benzene rings is 1. The highest BCUT2D eigenvalue weighted by Gasteiger charge is 2.03. The molecule has 3 nitrogen and oxygen atoms in total. The Balaban J connectivity index is 2.06. The van der Waals surface area contributed by atoms with E-state index in [2.05, 4.69) is 4.98 Å². The highest BCUT2D eigenvalue weighted by Crippen LogP contribution is 2.19. The van der Waals surface area contributed by atoms with Crippen LogP contribution in [0.1, 0.15) is 17.0 Å². The summed E-state index contributed by atoms with van der Waals surface area (Å²) in [7, 11) is 0. The Morgan fingerprint density at radius 2 is 2.00 bits per heavy atom. The number of nitrogens with two attached hydrogens (primary N) is 1. The van der Waals surface area contributed by atoms with Crippen molar-refractivity contribution in [3.63, 3.8) is 0 Å². The Hall–Kier alpha value is -1.94. The molecular formula is C14H15FN2O. The van der Waals surface area contributed by atoms with Gasteiger partial charge in [-0.05, 0) is 42.8 Å². The lowest BCUT2D eigenvalue weighted by molar-refractivity contribution is 0.298. The van der Waals surface area contributed by atoms with Gasteiger partial charge in [0.25, 0.3) is 0 Å². The molecule has 2 N–H and O–H groups in total. The molecule has 0 spiro atoms. The van der Waals surface area contributed by atoms with E-state index in [4.69, 9.17) is 10.5 Å². The van der Waals surface area contributed by atoms with Crippen LogP contribution in [0.25, 0.3) is 0 Å². The van der Waals surface area contributed by atoms with Crippen molar-refractivity contribution in [3.8, 4) is 5.75 Å². The van der Waals surface area contributed by atoms with Gasteiger partial charge in [0.15, 0.2) is 0 Å². The standard InChI is InChI=1S/C14H15FN2O/c1-10-7-11(15)5-6-14(10)18-9-13-4-2-3-12(8-16)17-13/h2-7H,8-9,16H2,1H3. The molecule has 0 bridgehead atoms. The van der Waals surface area contributed by atoms with E-state index in [1.807, 2.05) is 25.1 Å². The molecule has 0 aliphatic rings. The van der Waals surface area contributed by atoms with Crippen LogP contribution in [0.2, 0.25) is 0 Å². The first-order chi connectivity index (χ1) is 8.69. The Bertz CT molecular complexity index is 543. The number of nitrogens with zero attached hydrogens (tertiary/aromatic N) is 1. The molecule has 1 heterocycles. The number of pyridine rings is 1. The number of hydrogen-bond donors (Lipinski definition) is 1. The molecule has 0 atom stereocenters. The molecule has 18 heavy (non-hydrogen) atoms. The molecule has 1 aromatic heterocycles. The topological polar surface area (TPSA) is 48.1 Å². The predicted octanol–water partition coefficient (Wildman–Crippen LogP) is 2.57. The first kappa shape index (κ1) is 12.5. The van der Waals surface area contributed by atoms with Gasteiger partial charge in [0.2, 0.25) is 0 Å². The van der Waals surface area contributed by atoms with Crippen LogP contribution in [0.5, 0.6) is 5.75 Å². The molecule has 0 saturated heterocycles. The molecule has 0 amide bonds. The van der Waals surface area contributed by atoms with E-state index in [0.29, 0.717) is 18.9 Å². The quantitative estimate of drug-likeness (QED) is 0.902. The lowest BCUT2D eigenvalue weighted by Crippen LogP contribution is -2.04. The Labute approximate surface area is 105 Å². The minimum absolute atomic E-state index is 0.261. The van der Waals surface area contributed by atoms with Crippen LogP contribution >= 0.6 is 0 Å². The highest BCUT2D eigenvalue weighted by atomic mass is 19.1. The summed E-state index contributed by atoms with van der Waals surface area (Å²) in [6.45, 7) is 2.56. The molecule has 0 aliphatic carbocycles. The molecule has 2 aromatic rings. The summed E-state index contributed by atoms with van der Waals surface area (Å²) in [4.78, 5) is 4.33. The maximum absolute atomic E-state index is 12.9. The van der Waals surface area contributed by atoms with Gasteiger partial charge in [-0.3, -0.25) is 4.98 Å². The number of rotatable bonds is 4. The van der Waals surface area contributed by atoms with E-state index in [-0.39, 0.29) is 5.82 Å². The summed E-state index contributed by atoms with van der Waals surface area (Å²) in [5.41, 5.74) is 7.92.